The zero-order valence-electron chi connectivity index (χ0n) is 19.8. The minimum atomic E-state index is -2.70. The molecule has 10 heteroatoms. The van der Waals surface area contributed by atoms with E-state index in [4.69, 9.17) is 4.74 Å². The molecule has 0 spiro atoms. The highest BCUT2D eigenvalue weighted by molar-refractivity contribution is 5.81. The van der Waals surface area contributed by atoms with Gasteiger partial charge in [0, 0.05) is 43.1 Å². The fourth-order valence-corrected chi connectivity index (χ4v) is 5.53. The van der Waals surface area contributed by atoms with Crippen molar-refractivity contribution in [1.29, 1.82) is 0 Å². The van der Waals surface area contributed by atoms with Crippen LogP contribution in [0.2, 0.25) is 0 Å². The van der Waals surface area contributed by atoms with Gasteiger partial charge < -0.3 is 10.1 Å². The highest BCUT2D eigenvalue weighted by Gasteiger charge is 2.59. The lowest BCUT2D eigenvalue weighted by Crippen LogP contribution is -2.46. The molecule has 4 atom stereocenters. The Bertz CT molecular complexity index is 1260. The molecule has 2 saturated heterocycles. The van der Waals surface area contributed by atoms with Crippen molar-refractivity contribution < 1.29 is 17.9 Å². The van der Waals surface area contributed by atoms with Gasteiger partial charge in [0.1, 0.15) is 12.2 Å². The fourth-order valence-electron chi connectivity index (χ4n) is 5.53. The molecule has 35 heavy (non-hydrogen) atoms. The monoisotopic (exact) mass is 486 g/mol. The van der Waals surface area contributed by atoms with Crippen molar-refractivity contribution in [2.75, 3.05) is 31.6 Å². The quantitative estimate of drug-likeness (QED) is 0.565. The highest BCUT2D eigenvalue weighted by Crippen LogP contribution is 2.53. The number of hydrogen-bond donors (Lipinski definition) is 1. The van der Waals surface area contributed by atoms with Gasteiger partial charge in [-0.3, -0.25) is 9.58 Å². The molecule has 186 valence electrons. The van der Waals surface area contributed by atoms with Crippen LogP contribution in [0.3, 0.4) is 0 Å². The molecule has 0 radical (unpaired) electrons. The molecule has 2 aliphatic heterocycles. The van der Waals surface area contributed by atoms with Gasteiger partial charge in [0.15, 0.2) is 0 Å². The van der Waals surface area contributed by atoms with Gasteiger partial charge in [-0.05, 0) is 56.5 Å². The minimum absolute atomic E-state index is 0.176. The van der Waals surface area contributed by atoms with Gasteiger partial charge in [-0.15, -0.1) is 0 Å². The molecule has 4 unspecified atom stereocenters. The molecule has 3 fully saturated rings. The number of anilines is 2. The van der Waals surface area contributed by atoms with Crippen LogP contribution >= 0.6 is 0 Å². The second kappa shape index (κ2) is 8.44. The topological polar surface area (TPSA) is 68.1 Å². The summed E-state index contributed by atoms with van der Waals surface area (Å²) >= 11 is 0. The van der Waals surface area contributed by atoms with Crippen LogP contribution in [0, 0.1) is 13.8 Å². The molecule has 6 rings (SSSR count). The van der Waals surface area contributed by atoms with Gasteiger partial charge in [-0.2, -0.15) is 5.10 Å². The number of likely N-dealkylation sites (tertiary alicyclic amines) is 1. The van der Waals surface area contributed by atoms with E-state index in [9.17, 15) is 8.78 Å². The molecule has 1 saturated carbocycles. The SMILES string of the molecule is Cc1cc2cnc(Nc3cnn(C4CC4(F)F)c3C)nc2cc1C1CCN(C2CCOC2)CC1F. The summed E-state index contributed by atoms with van der Waals surface area (Å²) in [5.41, 5.74) is 3.94. The van der Waals surface area contributed by atoms with Crippen LogP contribution < -0.4 is 5.32 Å². The maximum atomic E-state index is 15.4. The summed E-state index contributed by atoms with van der Waals surface area (Å²) in [6.45, 7) is 6.50. The zero-order chi connectivity index (χ0) is 24.3. The second-order valence-electron chi connectivity index (χ2n) is 10.1. The van der Waals surface area contributed by atoms with Crippen LogP contribution in [0.15, 0.2) is 24.5 Å². The number of benzene rings is 1. The Balaban J connectivity index is 1.23. The molecule has 4 heterocycles. The Morgan fingerprint density at radius 2 is 2.00 bits per heavy atom. The summed E-state index contributed by atoms with van der Waals surface area (Å²) in [6, 6.07) is 3.43. The Kier molecular flexibility index (Phi) is 5.48. The average Bonchev–Trinajstić information content (AvgIpc) is 3.18. The van der Waals surface area contributed by atoms with Crippen LogP contribution in [0.4, 0.5) is 24.8 Å². The fraction of sp³-hybridized carbons (Fsp3) is 0.560. The molecular weight excluding hydrogens is 457 g/mol. The Hall–Kier alpha value is -2.72. The summed E-state index contributed by atoms with van der Waals surface area (Å²) < 4.78 is 49.2. The molecule has 0 amide bonds. The average molecular weight is 487 g/mol. The molecular formula is C25H29F3N6O. The first-order chi connectivity index (χ1) is 16.8. The van der Waals surface area contributed by atoms with Gasteiger partial charge in [-0.25, -0.2) is 23.1 Å². The van der Waals surface area contributed by atoms with Crippen LogP contribution in [0.5, 0.6) is 0 Å². The van der Waals surface area contributed by atoms with E-state index in [0.29, 0.717) is 36.5 Å². The predicted molar refractivity (Wildman–Crippen MR) is 126 cm³/mol. The van der Waals surface area contributed by atoms with Gasteiger partial charge >= 0.3 is 0 Å². The number of hydrogen-bond acceptors (Lipinski definition) is 6. The van der Waals surface area contributed by atoms with Gasteiger partial charge in [0.2, 0.25) is 5.95 Å². The van der Waals surface area contributed by atoms with Crippen molar-refractivity contribution in [2.45, 2.75) is 63.2 Å². The maximum absolute atomic E-state index is 15.4. The summed E-state index contributed by atoms with van der Waals surface area (Å²) in [5, 5.41) is 8.11. The number of aromatic nitrogens is 4. The van der Waals surface area contributed by atoms with Crippen molar-refractivity contribution in [3.05, 3.63) is 41.3 Å². The number of halogens is 3. The summed E-state index contributed by atoms with van der Waals surface area (Å²) in [5.74, 6) is -2.52. The Labute approximate surface area is 201 Å². The standard InChI is InChI=1S/C25H29F3N6O/c1-14-7-16-10-29-24(32-22-11-30-34(15(22)2)23-9-25(23,27)28)31-21(16)8-19(14)18-3-5-33(12-20(18)26)17-4-6-35-13-17/h7-8,10-11,17-18,20,23H,3-6,9,12-13H2,1-2H3,(H,29,31,32). The molecule has 0 bridgehead atoms. The molecule has 3 aliphatic rings. The first kappa shape index (κ1) is 22.7. The molecule has 7 nitrogen and oxygen atoms in total. The number of aryl methyl sites for hydroxylation is 1. The number of nitrogens with one attached hydrogen (secondary N) is 1. The van der Waals surface area contributed by atoms with Crippen molar-refractivity contribution in [3.63, 3.8) is 0 Å². The molecule has 3 aromatic rings. The Morgan fingerprint density at radius 1 is 1.17 bits per heavy atom. The lowest BCUT2D eigenvalue weighted by Gasteiger charge is -2.38. The largest absolute Gasteiger partial charge is 0.380 e. The molecule has 1 aromatic carbocycles. The predicted octanol–water partition coefficient (Wildman–Crippen LogP) is 4.68. The Morgan fingerprint density at radius 3 is 2.71 bits per heavy atom. The van der Waals surface area contributed by atoms with Crippen LogP contribution in [-0.2, 0) is 4.74 Å². The normalized spacial score (nSPS) is 28.5. The number of ether oxygens (including phenoxy) is 1. The van der Waals surface area contributed by atoms with Crippen molar-refractivity contribution in [1.82, 2.24) is 24.6 Å². The third-order valence-corrected chi connectivity index (χ3v) is 7.74. The lowest BCUT2D eigenvalue weighted by molar-refractivity contribution is 0.0728. The van der Waals surface area contributed by atoms with Crippen LogP contribution in [0.25, 0.3) is 10.9 Å². The molecule has 1 N–H and O–H groups in total. The van der Waals surface area contributed by atoms with E-state index in [2.05, 4.69) is 25.3 Å². The van der Waals surface area contributed by atoms with Crippen LogP contribution in [-0.4, -0.2) is 69.1 Å². The number of rotatable bonds is 5. The van der Waals surface area contributed by atoms with Gasteiger partial charge in [0.25, 0.3) is 5.92 Å². The molecule has 2 aromatic heterocycles. The zero-order valence-corrected chi connectivity index (χ0v) is 19.8. The minimum Gasteiger partial charge on any atom is -0.380 e. The van der Waals surface area contributed by atoms with Crippen LogP contribution in [0.1, 0.15) is 48.0 Å². The number of alkyl halides is 3. The molecule has 1 aliphatic carbocycles. The summed E-state index contributed by atoms with van der Waals surface area (Å²) in [7, 11) is 0. The second-order valence-corrected chi connectivity index (χ2v) is 10.1. The maximum Gasteiger partial charge on any atom is 0.272 e. The number of piperidine rings is 1. The number of fused-ring (bicyclic) bond motifs is 1. The van der Waals surface area contributed by atoms with Gasteiger partial charge in [-0.1, -0.05) is 0 Å². The van der Waals surface area contributed by atoms with E-state index in [1.54, 1.807) is 13.1 Å². The van der Waals surface area contributed by atoms with E-state index in [1.807, 2.05) is 19.1 Å². The summed E-state index contributed by atoms with van der Waals surface area (Å²) in [4.78, 5) is 11.3. The van der Waals surface area contributed by atoms with Crippen molar-refractivity contribution in [2.24, 2.45) is 0 Å². The van der Waals surface area contributed by atoms with E-state index < -0.39 is 18.1 Å². The van der Waals surface area contributed by atoms with E-state index in [1.165, 1.54) is 10.9 Å². The number of nitrogens with zero attached hydrogens (tertiary/aromatic N) is 5. The highest BCUT2D eigenvalue weighted by atomic mass is 19.3. The van der Waals surface area contributed by atoms with Crippen molar-refractivity contribution >= 4 is 22.5 Å². The lowest BCUT2D eigenvalue weighted by atomic mass is 9.84. The smallest absolute Gasteiger partial charge is 0.272 e. The van der Waals surface area contributed by atoms with E-state index in [0.717, 1.165) is 48.0 Å². The van der Waals surface area contributed by atoms with E-state index in [-0.39, 0.29) is 12.3 Å². The van der Waals surface area contributed by atoms with Crippen molar-refractivity contribution in [3.8, 4) is 0 Å². The first-order valence-corrected chi connectivity index (χ1v) is 12.2. The van der Waals surface area contributed by atoms with Gasteiger partial charge in [0.05, 0.1) is 29.7 Å². The van der Waals surface area contributed by atoms with E-state index >= 15 is 4.39 Å². The third kappa shape index (κ3) is 4.16. The first-order valence-electron chi connectivity index (χ1n) is 12.2. The summed E-state index contributed by atoms with van der Waals surface area (Å²) in [6.07, 6.45) is 3.84. The third-order valence-electron chi connectivity index (χ3n) is 7.74.